The second-order valence-electron chi connectivity index (χ2n) is 2.47. The summed E-state index contributed by atoms with van der Waals surface area (Å²) < 4.78 is 0. The predicted molar refractivity (Wildman–Crippen MR) is 47.6 cm³/mol. The second kappa shape index (κ2) is 7.13. The van der Waals surface area contributed by atoms with E-state index in [2.05, 4.69) is 19.6 Å². The number of ketones is 1. The minimum absolute atomic E-state index is 0.364. The molecule has 0 atom stereocenters. The van der Waals surface area contributed by atoms with E-state index in [0.717, 1.165) is 12.8 Å². The van der Waals surface area contributed by atoms with Crippen LogP contribution in [0.4, 0.5) is 0 Å². The van der Waals surface area contributed by atoms with Crippen LogP contribution in [-0.2, 0) is 4.79 Å². The van der Waals surface area contributed by atoms with Crippen LogP contribution in [0.3, 0.4) is 0 Å². The molecule has 0 saturated carbocycles. The van der Waals surface area contributed by atoms with Crippen molar-refractivity contribution in [3.63, 3.8) is 0 Å². The molecule has 0 aromatic carbocycles. The maximum atomic E-state index is 10.9. The number of rotatable bonds is 6. The summed E-state index contributed by atoms with van der Waals surface area (Å²) in [6.07, 6.45) is 4.83. The van der Waals surface area contributed by atoms with Gasteiger partial charge in [0.2, 0.25) is 0 Å². The van der Waals surface area contributed by atoms with E-state index in [0.29, 0.717) is 18.0 Å². The summed E-state index contributed by atoms with van der Waals surface area (Å²) in [4.78, 5) is 10.9. The molecule has 0 aromatic heterocycles. The normalized spacial score (nSPS) is 9.80. The fraction of sp³-hybridized carbons (Fsp3) is 0.875. The third kappa shape index (κ3) is 6.14. The molecule has 0 unspecified atom stereocenters. The van der Waals surface area contributed by atoms with Crippen LogP contribution in [0, 0.1) is 0 Å². The molecule has 0 spiro atoms. The Hall–Kier alpha value is 0.0200. The molecule has 1 nitrogen and oxygen atoms in total. The third-order valence-corrected chi connectivity index (χ3v) is 1.67. The van der Waals surface area contributed by atoms with Crippen LogP contribution in [0.5, 0.6) is 0 Å². The van der Waals surface area contributed by atoms with Crippen LogP contribution in [0.25, 0.3) is 0 Å². The van der Waals surface area contributed by atoms with Crippen molar-refractivity contribution >= 4 is 18.4 Å². The molecule has 0 rings (SSSR count). The van der Waals surface area contributed by atoms with Crippen molar-refractivity contribution < 1.29 is 4.79 Å². The molecular formula is C8H16OS. The van der Waals surface area contributed by atoms with E-state index in [1.54, 1.807) is 0 Å². The van der Waals surface area contributed by atoms with Gasteiger partial charge in [-0.25, -0.2) is 0 Å². The fourth-order valence-corrected chi connectivity index (χ4v) is 1.07. The molecule has 0 aliphatic carbocycles. The lowest BCUT2D eigenvalue weighted by molar-refractivity contribution is -0.118. The molecule has 0 saturated heterocycles. The van der Waals surface area contributed by atoms with E-state index < -0.39 is 0 Å². The molecule has 0 amide bonds. The summed E-state index contributed by atoms with van der Waals surface area (Å²) in [6.45, 7) is 2.14. The molecule has 0 aliphatic rings. The minimum Gasteiger partial charge on any atom is -0.300 e. The Morgan fingerprint density at radius 2 is 2.00 bits per heavy atom. The number of unbranched alkanes of at least 4 members (excludes halogenated alkanes) is 2. The van der Waals surface area contributed by atoms with Gasteiger partial charge in [-0.3, -0.25) is 4.79 Å². The van der Waals surface area contributed by atoms with Gasteiger partial charge in [-0.05, 0) is 12.2 Å². The summed E-state index contributed by atoms with van der Waals surface area (Å²) in [5.74, 6) is 1.06. The molecule has 0 fully saturated rings. The van der Waals surface area contributed by atoms with Crippen molar-refractivity contribution in [2.45, 2.75) is 39.0 Å². The van der Waals surface area contributed by atoms with Gasteiger partial charge in [0.1, 0.15) is 5.78 Å². The summed E-state index contributed by atoms with van der Waals surface area (Å²) in [5.41, 5.74) is 0. The summed E-state index contributed by atoms with van der Waals surface area (Å²) >= 11 is 3.98. The first-order chi connectivity index (χ1) is 4.81. The Bertz CT molecular complexity index is 91.3. The van der Waals surface area contributed by atoms with E-state index in [1.165, 1.54) is 12.8 Å². The monoisotopic (exact) mass is 160 g/mol. The average molecular weight is 160 g/mol. The van der Waals surface area contributed by atoms with Crippen molar-refractivity contribution in [3.8, 4) is 0 Å². The highest BCUT2D eigenvalue weighted by Gasteiger charge is 1.97. The van der Waals surface area contributed by atoms with Crippen molar-refractivity contribution in [2.75, 3.05) is 5.75 Å². The summed E-state index contributed by atoms with van der Waals surface area (Å²) in [6, 6.07) is 0. The number of hydrogen-bond donors (Lipinski definition) is 1. The third-order valence-electron chi connectivity index (χ3n) is 1.45. The lowest BCUT2D eigenvalue weighted by atomic mass is 10.1. The molecule has 0 bridgehead atoms. The van der Waals surface area contributed by atoms with Crippen LogP contribution in [-0.4, -0.2) is 11.5 Å². The number of hydrogen-bond acceptors (Lipinski definition) is 2. The van der Waals surface area contributed by atoms with Gasteiger partial charge in [-0.2, -0.15) is 12.6 Å². The lowest BCUT2D eigenvalue weighted by Crippen LogP contribution is -1.97. The van der Waals surface area contributed by atoms with Crippen molar-refractivity contribution in [3.05, 3.63) is 0 Å². The lowest BCUT2D eigenvalue weighted by Gasteiger charge is -1.95. The van der Waals surface area contributed by atoms with Gasteiger partial charge in [0.25, 0.3) is 0 Å². The second-order valence-corrected chi connectivity index (χ2v) is 2.92. The zero-order valence-corrected chi connectivity index (χ0v) is 7.49. The van der Waals surface area contributed by atoms with Gasteiger partial charge in [0, 0.05) is 12.8 Å². The van der Waals surface area contributed by atoms with E-state index in [9.17, 15) is 4.79 Å². The summed E-state index contributed by atoms with van der Waals surface area (Å²) in [7, 11) is 0. The van der Waals surface area contributed by atoms with Gasteiger partial charge in [-0.1, -0.05) is 19.8 Å². The molecular weight excluding hydrogens is 144 g/mol. The van der Waals surface area contributed by atoms with Crippen LogP contribution >= 0.6 is 12.6 Å². The predicted octanol–water partition coefficient (Wildman–Crippen LogP) is 2.46. The molecule has 0 radical (unpaired) electrons. The highest BCUT2D eigenvalue weighted by Crippen LogP contribution is 2.01. The van der Waals surface area contributed by atoms with Gasteiger partial charge in [0.05, 0.1) is 0 Å². The fourth-order valence-electron chi connectivity index (χ4n) is 0.822. The average Bonchev–Trinajstić information content (AvgIpc) is 1.89. The SMILES string of the molecule is CCCCCC(=O)CCS. The maximum absolute atomic E-state index is 10.9. The van der Waals surface area contributed by atoms with Crippen LogP contribution < -0.4 is 0 Å². The first-order valence-electron chi connectivity index (χ1n) is 3.93. The summed E-state index contributed by atoms with van der Waals surface area (Å²) in [5, 5.41) is 0. The molecule has 0 N–H and O–H groups in total. The first-order valence-corrected chi connectivity index (χ1v) is 4.57. The topological polar surface area (TPSA) is 17.1 Å². The van der Waals surface area contributed by atoms with Gasteiger partial charge >= 0.3 is 0 Å². The van der Waals surface area contributed by atoms with Crippen molar-refractivity contribution in [2.24, 2.45) is 0 Å². The zero-order valence-electron chi connectivity index (χ0n) is 6.60. The molecule has 10 heavy (non-hydrogen) atoms. The van der Waals surface area contributed by atoms with E-state index in [4.69, 9.17) is 0 Å². The minimum atomic E-state index is 0.364. The van der Waals surface area contributed by atoms with Crippen molar-refractivity contribution in [1.29, 1.82) is 0 Å². The Morgan fingerprint density at radius 1 is 1.30 bits per heavy atom. The van der Waals surface area contributed by atoms with Crippen LogP contribution in [0.15, 0.2) is 0 Å². The Morgan fingerprint density at radius 3 is 2.50 bits per heavy atom. The number of thiol groups is 1. The van der Waals surface area contributed by atoms with Gasteiger partial charge in [0.15, 0.2) is 0 Å². The highest BCUT2D eigenvalue weighted by atomic mass is 32.1. The largest absolute Gasteiger partial charge is 0.300 e. The Kier molecular flexibility index (Phi) is 7.15. The number of carbonyl (C=O) groups is 1. The van der Waals surface area contributed by atoms with Gasteiger partial charge < -0.3 is 0 Å². The zero-order chi connectivity index (χ0) is 7.82. The van der Waals surface area contributed by atoms with Gasteiger partial charge in [-0.15, -0.1) is 0 Å². The van der Waals surface area contributed by atoms with E-state index in [-0.39, 0.29) is 0 Å². The van der Waals surface area contributed by atoms with E-state index in [1.807, 2.05) is 0 Å². The maximum Gasteiger partial charge on any atom is 0.133 e. The highest BCUT2D eigenvalue weighted by molar-refractivity contribution is 7.80. The molecule has 0 heterocycles. The Labute approximate surface area is 68.6 Å². The smallest absolute Gasteiger partial charge is 0.133 e. The standard InChI is InChI=1S/C8H16OS/c1-2-3-4-5-8(9)6-7-10/h10H,2-7H2,1H3. The Balaban J connectivity index is 3.05. The molecule has 0 aliphatic heterocycles. The number of carbonyl (C=O) groups excluding carboxylic acids is 1. The van der Waals surface area contributed by atoms with E-state index >= 15 is 0 Å². The molecule has 0 aromatic rings. The van der Waals surface area contributed by atoms with Crippen LogP contribution in [0.2, 0.25) is 0 Å². The molecule has 2 heteroatoms. The number of Topliss-reactive ketones (excluding diaryl/α,β-unsaturated/α-hetero) is 1. The molecule has 60 valence electrons. The quantitative estimate of drug-likeness (QED) is 0.466. The first kappa shape index (κ1) is 10.0. The van der Waals surface area contributed by atoms with Crippen LogP contribution in [0.1, 0.15) is 39.0 Å². The van der Waals surface area contributed by atoms with Crippen molar-refractivity contribution in [1.82, 2.24) is 0 Å².